The van der Waals surface area contributed by atoms with Gasteiger partial charge < -0.3 is 4.74 Å². The molecular weight excluding hydrogens is 468 g/mol. The number of anilines is 1. The van der Waals surface area contributed by atoms with Crippen molar-refractivity contribution in [2.45, 2.75) is 35.4 Å². The maximum atomic E-state index is 13.1. The van der Waals surface area contributed by atoms with Crippen LogP contribution in [0.4, 0.5) is 5.69 Å². The summed E-state index contributed by atoms with van der Waals surface area (Å²) in [6.45, 7) is 2.53. The highest BCUT2D eigenvalue weighted by atomic mass is 32.2. The van der Waals surface area contributed by atoms with Gasteiger partial charge in [-0.15, -0.1) is 11.3 Å². The fourth-order valence-corrected chi connectivity index (χ4v) is 7.53. The zero-order valence-corrected chi connectivity index (χ0v) is 20.2. The molecule has 0 amide bonds. The standard InChI is InChI=1S/C22H24N2O5S3/c1-3-16-6-9-20(29-2)21(13-16)31(25,26)23-19-8-7-17-10-11-24(15-18(17)14-19)32(27,28)22-5-4-12-30-22/h4-9,12-14,23H,3,10-11,15H2,1-2H3. The van der Waals surface area contributed by atoms with E-state index >= 15 is 0 Å². The lowest BCUT2D eigenvalue weighted by atomic mass is 10.0. The molecule has 0 spiro atoms. The SMILES string of the molecule is CCc1ccc(OC)c(S(=O)(=O)Nc2ccc3c(c2)CN(S(=O)(=O)c2cccs2)CC3)c1. The van der Waals surface area contributed by atoms with Crippen LogP contribution < -0.4 is 9.46 Å². The lowest BCUT2D eigenvalue weighted by Gasteiger charge is -2.28. The number of sulfonamides is 2. The second kappa shape index (κ2) is 8.86. The zero-order chi connectivity index (χ0) is 22.9. The molecule has 0 bridgehead atoms. The van der Waals surface area contributed by atoms with Crippen molar-refractivity contribution in [2.75, 3.05) is 18.4 Å². The van der Waals surface area contributed by atoms with Crippen LogP contribution >= 0.6 is 11.3 Å². The Morgan fingerprint density at radius 2 is 1.88 bits per heavy atom. The van der Waals surface area contributed by atoms with E-state index in [2.05, 4.69) is 4.72 Å². The van der Waals surface area contributed by atoms with E-state index in [1.54, 1.807) is 41.8 Å². The Morgan fingerprint density at radius 1 is 1.06 bits per heavy atom. The number of methoxy groups -OCH3 is 1. The number of benzene rings is 2. The van der Waals surface area contributed by atoms with E-state index in [1.807, 2.05) is 19.1 Å². The van der Waals surface area contributed by atoms with Crippen LogP contribution in [0.2, 0.25) is 0 Å². The fourth-order valence-electron chi connectivity index (χ4n) is 3.70. The van der Waals surface area contributed by atoms with Gasteiger partial charge in [0.15, 0.2) is 0 Å². The average molecular weight is 493 g/mol. The van der Waals surface area contributed by atoms with Crippen LogP contribution in [0, 0.1) is 0 Å². The third kappa shape index (κ3) is 4.40. The molecule has 2 aromatic carbocycles. The van der Waals surface area contributed by atoms with Gasteiger partial charge in [-0.1, -0.05) is 25.1 Å². The summed E-state index contributed by atoms with van der Waals surface area (Å²) in [7, 11) is -6.04. The van der Waals surface area contributed by atoms with Gasteiger partial charge in [-0.05, 0) is 65.2 Å². The van der Waals surface area contributed by atoms with Gasteiger partial charge in [-0.2, -0.15) is 4.31 Å². The lowest BCUT2D eigenvalue weighted by Crippen LogP contribution is -2.35. The summed E-state index contributed by atoms with van der Waals surface area (Å²) in [6.07, 6.45) is 1.26. The molecule has 170 valence electrons. The average Bonchev–Trinajstić information content (AvgIpc) is 3.34. The number of fused-ring (bicyclic) bond motifs is 1. The van der Waals surface area contributed by atoms with Crippen LogP contribution in [-0.4, -0.2) is 34.8 Å². The molecule has 1 aliphatic rings. The van der Waals surface area contributed by atoms with Gasteiger partial charge >= 0.3 is 0 Å². The molecule has 4 rings (SSSR count). The summed E-state index contributed by atoms with van der Waals surface area (Å²) >= 11 is 1.19. The third-order valence-electron chi connectivity index (χ3n) is 5.45. The minimum absolute atomic E-state index is 0.0685. The van der Waals surface area contributed by atoms with Crippen molar-refractivity contribution in [2.24, 2.45) is 0 Å². The molecule has 0 unspecified atom stereocenters. The van der Waals surface area contributed by atoms with Gasteiger partial charge in [0.05, 0.1) is 7.11 Å². The Kier molecular flexibility index (Phi) is 6.30. The second-order valence-corrected chi connectivity index (χ2v) is 12.2. The number of hydrogen-bond acceptors (Lipinski definition) is 6. The second-order valence-electron chi connectivity index (χ2n) is 7.45. The number of nitrogens with zero attached hydrogens (tertiary/aromatic N) is 1. The summed E-state index contributed by atoms with van der Waals surface area (Å²) in [5, 5.41) is 1.74. The quantitative estimate of drug-likeness (QED) is 0.541. The van der Waals surface area contributed by atoms with E-state index in [1.165, 1.54) is 22.8 Å². The van der Waals surface area contributed by atoms with E-state index in [4.69, 9.17) is 4.74 Å². The van der Waals surface area contributed by atoms with E-state index in [0.29, 0.717) is 29.3 Å². The molecule has 1 aliphatic heterocycles. The van der Waals surface area contributed by atoms with Gasteiger partial charge in [0.25, 0.3) is 20.0 Å². The van der Waals surface area contributed by atoms with Crippen LogP contribution in [0.1, 0.15) is 23.6 Å². The molecule has 3 aromatic rings. The van der Waals surface area contributed by atoms with Crippen molar-refractivity contribution in [1.29, 1.82) is 0 Å². The van der Waals surface area contributed by atoms with Crippen molar-refractivity contribution in [1.82, 2.24) is 4.31 Å². The minimum atomic E-state index is -3.90. The maximum Gasteiger partial charge on any atom is 0.265 e. The normalized spacial score (nSPS) is 14.7. The maximum absolute atomic E-state index is 13.1. The van der Waals surface area contributed by atoms with Crippen molar-refractivity contribution < 1.29 is 21.6 Å². The van der Waals surface area contributed by atoms with Crippen molar-refractivity contribution in [3.8, 4) is 5.75 Å². The first-order chi connectivity index (χ1) is 15.2. The van der Waals surface area contributed by atoms with Crippen LogP contribution in [0.25, 0.3) is 0 Å². The summed E-state index contributed by atoms with van der Waals surface area (Å²) in [5.41, 5.74) is 3.05. The molecule has 0 saturated carbocycles. The summed E-state index contributed by atoms with van der Waals surface area (Å²) in [5.74, 6) is 0.265. The summed E-state index contributed by atoms with van der Waals surface area (Å²) in [4.78, 5) is 0.0685. The molecule has 0 saturated heterocycles. The molecule has 1 aromatic heterocycles. The van der Waals surface area contributed by atoms with E-state index in [-0.39, 0.29) is 17.2 Å². The fraction of sp³-hybridized carbons (Fsp3) is 0.273. The lowest BCUT2D eigenvalue weighted by molar-refractivity contribution is 0.392. The van der Waals surface area contributed by atoms with Crippen LogP contribution in [0.15, 0.2) is 63.0 Å². The molecule has 0 atom stereocenters. The first-order valence-electron chi connectivity index (χ1n) is 10.1. The minimum Gasteiger partial charge on any atom is -0.495 e. The van der Waals surface area contributed by atoms with Crippen molar-refractivity contribution in [3.63, 3.8) is 0 Å². The number of ether oxygens (including phenoxy) is 1. The van der Waals surface area contributed by atoms with Crippen molar-refractivity contribution in [3.05, 3.63) is 70.6 Å². The predicted octanol–water partition coefficient (Wildman–Crippen LogP) is 3.87. The first-order valence-corrected chi connectivity index (χ1v) is 13.9. The van der Waals surface area contributed by atoms with Crippen LogP contribution in [0.5, 0.6) is 5.75 Å². The van der Waals surface area contributed by atoms with Gasteiger partial charge in [-0.3, -0.25) is 4.72 Å². The van der Waals surface area contributed by atoms with Crippen LogP contribution in [-0.2, 0) is 39.4 Å². The van der Waals surface area contributed by atoms with Crippen LogP contribution in [0.3, 0.4) is 0 Å². The Hall–Kier alpha value is -2.40. The third-order valence-corrected chi connectivity index (χ3v) is 10.1. The Bertz CT molecular complexity index is 1330. The predicted molar refractivity (Wildman–Crippen MR) is 125 cm³/mol. The Labute approximate surface area is 192 Å². The molecule has 1 N–H and O–H groups in total. The van der Waals surface area contributed by atoms with Gasteiger partial charge in [0.1, 0.15) is 14.9 Å². The number of thiophene rings is 1. The Morgan fingerprint density at radius 3 is 2.56 bits per heavy atom. The smallest absolute Gasteiger partial charge is 0.265 e. The first kappa shape index (κ1) is 22.8. The van der Waals surface area contributed by atoms with E-state index in [0.717, 1.165) is 16.7 Å². The monoisotopic (exact) mass is 492 g/mol. The highest BCUT2D eigenvalue weighted by Crippen LogP contribution is 2.31. The molecule has 10 heteroatoms. The number of rotatable bonds is 7. The number of aryl methyl sites for hydroxylation is 1. The summed E-state index contributed by atoms with van der Waals surface area (Å²) < 4.78 is 61.6. The molecule has 0 radical (unpaired) electrons. The van der Waals surface area contributed by atoms with E-state index in [9.17, 15) is 16.8 Å². The molecular formula is C22H24N2O5S3. The number of hydrogen-bond donors (Lipinski definition) is 1. The largest absolute Gasteiger partial charge is 0.495 e. The summed E-state index contributed by atoms with van der Waals surface area (Å²) in [6, 6.07) is 13.7. The highest BCUT2D eigenvalue weighted by Gasteiger charge is 2.29. The molecule has 7 nitrogen and oxygen atoms in total. The highest BCUT2D eigenvalue weighted by molar-refractivity contribution is 7.92. The number of nitrogens with one attached hydrogen (secondary N) is 1. The van der Waals surface area contributed by atoms with Gasteiger partial charge in [0, 0.05) is 18.8 Å². The molecule has 32 heavy (non-hydrogen) atoms. The molecule has 0 aliphatic carbocycles. The van der Waals surface area contributed by atoms with Gasteiger partial charge in [-0.25, -0.2) is 16.8 Å². The topological polar surface area (TPSA) is 92.8 Å². The van der Waals surface area contributed by atoms with Gasteiger partial charge in [0.2, 0.25) is 0 Å². The van der Waals surface area contributed by atoms with E-state index < -0.39 is 20.0 Å². The zero-order valence-electron chi connectivity index (χ0n) is 17.7. The van der Waals surface area contributed by atoms with Crippen molar-refractivity contribution >= 4 is 37.1 Å². The molecule has 0 fully saturated rings. The molecule has 2 heterocycles. The Balaban J connectivity index is 1.62.